The molecule has 1 amide bonds. The van der Waals surface area contributed by atoms with E-state index in [2.05, 4.69) is 26.1 Å². The Kier molecular flexibility index (Phi) is 5.96. The van der Waals surface area contributed by atoms with E-state index < -0.39 is 0 Å². The molecular formula is C14H28N2O. The van der Waals surface area contributed by atoms with Gasteiger partial charge in [0.15, 0.2) is 0 Å². The minimum Gasteiger partial charge on any atom is -0.353 e. The van der Waals surface area contributed by atoms with Gasteiger partial charge in [0.05, 0.1) is 0 Å². The second-order valence-corrected chi connectivity index (χ2v) is 6.12. The molecule has 0 aromatic heterocycles. The van der Waals surface area contributed by atoms with Crippen LogP contribution in [0.25, 0.3) is 0 Å². The molecule has 100 valence electrons. The molecule has 0 radical (unpaired) electrons. The van der Waals surface area contributed by atoms with Crippen LogP contribution in [0.2, 0.25) is 0 Å². The predicted octanol–water partition coefficient (Wildman–Crippen LogP) is 2.44. The summed E-state index contributed by atoms with van der Waals surface area (Å²) in [5, 5.41) is 3.15. The minimum absolute atomic E-state index is 0.221. The van der Waals surface area contributed by atoms with Gasteiger partial charge in [0.25, 0.3) is 0 Å². The summed E-state index contributed by atoms with van der Waals surface area (Å²) in [4.78, 5) is 11.8. The number of hydrogen-bond acceptors (Lipinski definition) is 2. The van der Waals surface area contributed by atoms with Gasteiger partial charge < -0.3 is 11.1 Å². The molecule has 1 aliphatic carbocycles. The monoisotopic (exact) mass is 240 g/mol. The van der Waals surface area contributed by atoms with Crippen molar-refractivity contribution in [3.05, 3.63) is 0 Å². The summed E-state index contributed by atoms with van der Waals surface area (Å²) in [6.45, 7) is 6.57. The van der Waals surface area contributed by atoms with Gasteiger partial charge in [-0.1, -0.05) is 20.8 Å². The lowest BCUT2D eigenvalue weighted by atomic mass is 9.91. The lowest BCUT2D eigenvalue weighted by Crippen LogP contribution is -2.40. The second-order valence-electron chi connectivity index (χ2n) is 6.12. The van der Waals surface area contributed by atoms with E-state index in [9.17, 15) is 4.79 Å². The molecule has 1 unspecified atom stereocenters. The van der Waals surface area contributed by atoms with Crippen LogP contribution in [0.3, 0.4) is 0 Å². The molecule has 1 saturated carbocycles. The van der Waals surface area contributed by atoms with E-state index >= 15 is 0 Å². The van der Waals surface area contributed by atoms with Crippen LogP contribution in [0, 0.1) is 11.8 Å². The summed E-state index contributed by atoms with van der Waals surface area (Å²) in [6.07, 6.45) is 5.99. The van der Waals surface area contributed by atoms with Gasteiger partial charge in [-0.3, -0.25) is 4.79 Å². The highest BCUT2D eigenvalue weighted by molar-refractivity contribution is 5.76. The van der Waals surface area contributed by atoms with Crippen molar-refractivity contribution in [1.29, 1.82) is 0 Å². The third-order valence-corrected chi connectivity index (χ3v) is 3.54. The maximum atomic E-state index is 11.8. The summed E-state index contributed by atoms with van der Waals surface area (Å²) in [5.41, 5.74) is 5.85. The van der Waals surface area contributed by atoms with Crippen LogP contribution in [-0.2, 0) is 4.79 Å². The van der Waals surface area contributed by atoms with Crippen molar-refractivity contribution < 1.29 is 4.79 Å². The highest BCUT2D eigenvalue weighted by Crippen LogP contribution is 2.18. The fourth-order valence-corrected chi connectivity index (χ4v) is 2.75. The number of hydrogen-bond donors (Lipinski definition) is 2. The zero-order valence-corrected chi connectivity index (χ0v) is 11.5. The van der Waals surface area contributed by atoms with Gasteiger partial charge in [-0.05, 0) is 43.9 Å². The minimum atomic E-state index is 0.221. The Balaban J connectivity index is 2.20. The zero-order chi connectivity index (χ0) is 12.8. The first-order valence-corrected chi connectivity index (χ1v) is 7.02. The number of nitrogens with one attached hydrogen (secondary N) is 1. The maximum absolute atomic E-state index is 11.8. The van der Waals surface area contributed by atoms with Gasteiger partial charge in [-0.15, -0.1) is 0 Å². The Bertz CT molecular complexity index is 232. The lowest BCUT2D eigenvalue weighted by Gasteiger charge is -2.27. The third kappa shape index (κ3) is 6.06. The van der Waals surface area contributed by atoms with E-state index in [-0.39, 0.29) is 5.91 Å². The van der Waals surface area contributed by atoms with E-state index in [0.717, 1.165) is 32.1 Å². The Morgan fingerprint density at radius 3 is 2.35 bits per heavy atom. The van der Waals surface area contributed by atoms with Crippen molar-refractivity contribution in [3.8, 4) is 0 Å². The van der Waals surface area contributed by atoms with Crippen molar-refractivity contribution in [3.63, 3.8) is 0 Å². The summed E-state index contributed by atoms with van der Waals surface area (Å²) in [7, 11) is 0. The molecule has 0 aromatic carbocycles. The molecule has 1 rings (SSSR count). The highest BCUT2D eigenvalue weighted by atomic mass is 16.1. The molecule has 0 aliphatic heterocycles. The van der Waals surface area contributed by atoms with Crippen LogP contribution in [-0.4, -0.2) is 18.0 Å². The maximum Gasteiger partial charge on any atom is 0.220 e. The first-order chi connectivity index (χ1) is 7.97. The van der Waals surface area contributed by atoms with Gasteiger partial charge in [0.1, 0.15) is 0 Å². The predicted molar refractivity (Wildman–Crippen MR) is 71.6 cm³/mol. The van der Waals surface area contributed by atoms with Crippen LogP contribution in [0.5, 0.6) is 0 Å². The zero-order valence-electron chi connectivity index (χ0n) is 11.5. The SMILES string of the molecule is CC(C)CC(C)CC(=O)NC1CCC(N)CC1. The van der Waals surface area contributed by atoms with Crippen molar-refractivity contribution in [2.24, 2.45) is 17.6 Å². The quantitative estimate of drug-likeness (QED) is 0.775. The Morgan fingerprint density at radius 2 is 1.82 bits per heavy atom. The van der Waals surface area contributed by atoms with Crippen LogP contribution in [0.1, 0.15) is 59.3 Å². The smallest absolute Gasteiger partial charge is 0.220 e. The Morgan fingerprint density at radius 1 is 1.24 bits per heavy atom. The largest absolute Gasteiger partial charge is 0.353 e. The molecule has 0 spiro atoms. The van der Waals surface area contributed by atoms with Gasteiger partial charge in [-0.2, -0.15) is 0 Å². The molecule has 0 aromatic rings. The molecular weight excluding hydrogens is 212 g/mol. The summed E-state index contributed by atoms with van der Waals surface area (Å²) < 4.78 is 0. The molecule has 17 heavy (non-hydrogen) atoms. The number of carbonyl (C=O) groups is 1. The molecule has 0 heterocycles. The fraction of sp³-hybridized carbons (Fsp3) is 0.929. The van der Waals surface area contributed by atoms with E-state index in [4.69, 9.17) is 5.73 Å². The molecule has 0 saturated heterocycles. The lowest BCUT2D eigenvalue weighted by molar-refractivity contribution is -0.122. The van der Waals surface area contributed by atoms with Crippen molar-refractivity contribution in [2.75, 3.05) is 0 Å². The molecule has 1 fully saturated rings. The molecule has 3 heteroatoms. The van der Waals surface area contributed by atoms with Gasteiger partial charge in [0, 0.05) is 18.5 Å². The molecule has 0 bridgehead atoms. The van der Waals surface area contributed by atoms with Crippen LogP contribution < -0.4 is 11.1 Å². The molecule has 3 nitrogen and oxygen atoms in total. The normalized spacial score (nSPS) is 26.9. The Labute approximate surface area is 106 Å². The van der Waals surface area contributed by atoms with Crippen molar-refractivity contribution in [1.82, 2.24) is 5.32 Å². The number of amides is 1. The van der Waals surface area contributed by atoms with Crippen molar-refractivity contribution >= 4 is 5.91 Å². The first kappa shape index (κ1) is 14.5. The van der Waals surface area contributed by atoms with Crippen LogP contribution in [0.4, 0.5) is 0 Å². The average molecular weight is 240 g/mol. The summed E-state index contributed by atoms with van der Waals surface area (Å²) in [5.74, 6) is 1.38. The number of rotatable bonds is 5. The van der Waals surface area contributed by atoms with Gasteiger partial charge in [0.2, 0.25) is 5.91 Å². The van der Waals surface area contributed by atoms with Gasteiger partial charge >= 0.3 is 0 Å². The van der Waals surface area contributed by atoms with Crippen molar-refractivity contribution in [2.45, 2.75) is 71.4 Å². The third-order valence-electron chi connectivity index (χ3n) is 3.54. The molecule has 3 N–H and O–H groups in total. The van der Waals surface area contributed by atoms with E-state index in [1.165, 1.54) is 0 Å². The van der Waals surface area contributed by atoms with E-state index in [1.807, 2.05) is 0 Å². The number of carbonyl (C=O) groups excluding carboxylic acids is 1. The van der Waals surface area contributed by atoms with Crippen LogP contribution in [0.15, 0.2) is 0 Å². The van der Waals surface area contributed by atoms with E-state index in [1.54, 1.807) is 0 Å². The molecule has 1 atom stereocenters. The molecule has 1 aliphatic rings. The van der Waals surface area contributed by atoms with Gasteiger partial charge in [-0.25, -0.2) is 0 Å². The average Bonchev–Trinajstić information content (AvgIpc) is 2.19. The highest BCUT2D eigenvalue weighted by Gasteiger charge is 2.20. The summed E-state index contributed by atoms with van der Waals surface area (Å²) in [6, 6.07) is 0.719. The summed E-state index contributed by atoms with van der Waals surface area (Å²) >= 11 is 0. The Hall–Kier alpha value is -0.570. The second kappa shape index (κ2) is 7.00. The topological polar surface area (TPSA) is 55.1 Å². The van der Waals surface area contributed by atoms with E-state index in [0.29, 0.717) is 30.3 Å². The standard InChI is InChI=1S/C14H28N2O/c1-10(2)8-11(3)9-14(17)16-13-6-4-12(15)5-7-13/h10-13H,4-9,15H2,1-3H3,(H,16,17). The van der Waals surface area contributed by atoms with Crippen LogP contribution >= 0.6 is 0 Å². The first-order valence-electron chi connectivity index (χ1n) is 7.02. The number of nitrogens with two attached hydrogens (primary N) is 1. The fourth-order valence-electron chi connectivity index (χ4n) is 2.75.